The lowest BCUT2D eigenvalue weighted by molar-refractivity contribution is 0.0950. The lowest BCUT2D eigenvalue weighted by Gasteiger charge is -2.00. The standard InChI is InChI=1S/C17H15N5O2/c1-24-14-6-2-5-13(8-14)15-9-16(21-20-15)17(23)22-19-11-12-4-3-7-18-10-12/h2-11H,1H3,(H,20,21)(H,22,23)/b19-11+. The Hall–Kier alpha value is -3.48. The van der Waals surface area contributed by atoms with Crippen LogP contribution in [0.15, 0.2) is 60.0 Å². The quantitative estimate of drug-likeness (QED) is 0.557. The monoisotopic (exact) mass is 321 g/mol. The van der Waals surface area contributed by atoms with Crippen LogP contribution in [-0.2, 0) is 0 Å². The Morgan fingerprint density at radius 1 is 1.29 bits per heavy atom. The number of rotatable bonds is 5. The van der Waals surface area contributed by atoms with Crippen molar-refractivity contribution >= 4 is 12.1 Å². The van der Waals surface area contributed by atoms with E-state index in [1.165, 1.54) is 6.21 Å². The number of hydrogen-bond acceptors (Lipinski definition) is 5. The topological polar surface area (TPSA) is 92.3 Å². The number of methoxy groups -OCH3 is 1. The van der Waals surface area contributed by atoms with Crippen molar-refractivity contribution in [3.05, 3.63) is 66.1 Å². The van der Waals surface area contributed by atoms with Crippen LogP contribution >= 0.6 is 0 Å². The molecule has 7 nitrogen and oxygen atoms in total. The number of amides is 1. The van der Waals surface area contributed by atoms with Gasteiger partial charge in [0.1, 0.15) is 11.4 Å². The first-order valence-electron chi connectivity index (χ1n) is 7.19. The zero-order chi connectivity index (χ0) is 16.8. The second-order valence-corrected chi connectivity index (χ2v) is 4.88. The van der Waals surface area contributed by atoms with E-state index in [0.29, 0.717) is 11.4 Å². The third-order valence-electron chi connectivity index (χ3n) is 3.25. The highest BCUT2D eigenvalue weighted by Crippen LogP contribution is 2.22. The Kier molecular flexibility index (Phi) is 4.62. The molecular weight excluding hydrogens is 306 g/mol. The first-order valence-corrected chi connectivity index (χ1v) is 7.19. The van der Waals surface area contributed by atoms with Gasteiger partial charge in [-0.1, -0.05) is 18.2 Å². The van der Waals surface area contributed by atoms with E-state index in [1.54, 1.807) is 31.6 Å². The van der Waals surface area contributed by atoms with E-state index in [9.17, 15) is 4.79 Å². The van der Waals surface area contributed by atoms with Gasteiger partial charge in [-0.05, 0) is 24.3 Å². The van der Waals surface area contributed by atoms with Crippen molar-refractivity contribution in [2.45, 2.75) is 0 Å². The van der Waals surface area contributed by atoms with Crippen LogP contribution in [0.3, 0.4) is 0 Å². The molecule has 0 radical (unpaired) electrons. The Morgan fingerprint density at radius 3 is 3.00 bits per heavy atom. The van der Waals surface area contributed by atoms with Crippen molar-refractivity contribution in [2.24, 2.45) is 5.10 Å². The van der Waals surface area contributed by atoms with Crippen LogP contribution in [0, 0.1) is 0 Å². The van der Waals surface area contributed by atoms with E-state index >= 15 is 0 Å². The Bertz CT molecular complexity index is 858. The second-order valence-electron chi connectivity index (χ2n) is 4.88. The highest BCUT2D eigenvalue weighted by atomic mass is 16.5. The van der Waals surface area contributed by atoms with Crippen molar-refractivity contribution < 1.29 is 9.53 Å². The average Bonchev–Trinajstić information content (AvgIpc) is 3.13. The number of H-pyrrole nitrogens is 1. The molecule has 0 unspecified atom stereocenters. The summed E-state index contributed by atoms with van der Waals surface area (Å²) in [6.07, 6.45) is 4.83. The van der Waals surface area contributed by atoms with Crippen LogP contribution in [0.2, 0.25) is 0 Å². The van der Waals surface area contributed by atoms with Gasteiger partial charge in [-0.15, -0.1) is 0 Å². The zero-order valence-electron chi connectivity index (χ0n) is 12.9. The number of carbonyl (C=O) groups excluding carboxylic acids is 1. The van der Waals surface area contributed by atoms with Gasteiger partial charge in [0.2, 0.25) is 0 Å². The van der Waals surface area contributed by atoms with Crippen molar-refractivity contribution in [3.8, 4) is 17.0 Å². The number of hydrogen-bond donors (Lipinski definition) is 2. The maximum absolute atomic E-state index is 12.1. The predicted molar refractivity (Wildman–Crippen MR) is 89.9 cm³/mol. The molecule has 2 N–H and O–H groups in total. The van der Waals surface area contributed by atoms with Gasteiger partial charge in [-0.3, -0.25) is 14.9 Å². The van der Waals surface area contributed by atoms with Crippen molar-refractivity contribution in [1.29, 1.82) is 0 Å². The van der Waals surface area contributed by atoms with Gasteiger partial charge in [0, 0.05) is 23.5 Å². The van der Waals surface area contributed by atoms with Crippen molar-refractivity contribution in [3.63, 3.8) is 0 Å². The molecule has 0 bridgehead atoms. The molecule has 3 rings (SSSR count). The number of ether oxygens (including phenoxy) is 1. The van der Waals surface area contributed by atoms with E-state index in [1.807, 2.05) is 30.3 Å². The fourth-order valence-corrected chi connectivity index (χ4v) is 2.05. The minimum Gasteiger partial charge on any atom is -0.497 e. The smallest absolute Gasteiger partial charge is 0.289 e. The van der Waals surface area contributed by atoms with Crippen molar-refractivity contribution in [1.82, 2.24) is 20.6 Å². The molecule has 120 valence electrons. The molecule has 7 heteroatoms. The van der Waals surface area contributed by atoms with E-state index in [0.717, 1.165) is 16.9 Å². The fraction of sp³-hybridized carbons (Fsp3) is 0.0588. The number of hydrazone groups is 1. The number of aromatic nitrogens is 3. The molecule has 0 spiro atoms. The third-order valence-corrected chi connectivity index (χ3v) is 3.25. The number of pyridine rings is 1. The largest absolute Gasteiger partial charge is 0.497 e. The molecule has 24 heavy (non-hydrogen) atoms. The lowest BCUT2D eigenvalue weighted by atomic mass is 10.1. The summed E-state index contributed by atoms with van der Waals surface area (Å²) in [5.41, 5.74) is 5.05. The molecule has 3 aromatic rings. The maximum Gasteiger partial charge on any atom is 0.289 e. The fourth-order valence-electron chi connectivity index (χ4n) is 2.05. The summed E-state index contributed by atoms with van der Waals surface area (Å²) < 4.78 is 5.18. The molecule has 0 saturated heterocycles. The molecule has 0 aliphatic heterocycles. The molecule has 0 atom stereocenters. The van der Waals surface area contributed by atoms with E-state index in [-0.39, 0.29) is 5.91 Å². The molecule has 2 aromatic heterocycles. The Labute approximate surface area is 138 Å². The summed E-state index contributed by atoms with van der Waals surface area (Å²) in [6.45, 7) is 0. The van der Waals surface area contributed by atoms with Gasteiger partial charge in [0.15, 0.2) is 0 Å². The van der Waals surface area contributed by atoms with Crippen LogP contribution in [0.25, 0.3) is 11.3 Å². The first-order chi connectivity index (χ1) is 11.8. The lowest BCUT2D eigenvalue weighted by Crippen LogP contribution is -2.18. The summed E-state index contributed by atoms with van der Waals surface area (Å²) in [7, 11) is 1.60. The van der Waals surface area contributed by atoms with Gasteiger partial charge in [-0.25, -0.2) is 5.43 Å². The number of carbonyl (C=O) groups is 1. The molecule has 1 amide bonds. The van der Waals surface area contributed by atoms with Crippen LogP contribution in [0.5, 0.6) is 5.75 Å². The zero-order valence-corrected chi connectivity index (χ0v) is 12.9. The number of nitrogens with zero attached hydrogens (tertiary/aromatic N) is 3. The molecule has 0 aliphatic rings. The highest BCUT2D eigenvalue weighted by molar-refractivity contribution is 5.94. The van der Waals surface area contributed by atoms with E-state index < -0.39 is 0 Å². The van der Waals surface area contributed by atoms with Gasteiger partial charge in [-0.2, -0.15) is 10.2 Å². The third kappa shape index (κ3) is 3.64. The van der Waals surface area contributed by atoms with E-state index in [2.05, 4.69) is 25.7 Å². The summed E-state index contributed by atoms with van der Waals surface area (Å²) in [5, 5.41) is 10.7. The normalized spacial score (nSPS) is 10.7. The molecule has 0 aliphatic carbocycles. The van der Waals surface area contributed by atoms with Crippen LogP contribution in [0.4, 0.5) is 0 Å². The number of aromatic amines is 1. The average molecular weight is 321 g/mol. The predicted octanol–water partition coefficient (Wildman–Crippen LogP) is 2.24. The summed E-state index contributed by atoms with van der Waals surface area (Å²) >= 11 is 0. The van der Waals surface area contributed by atoms with Gasteiger partial charge < -0.3 is 4.74 Å². The summed E-state index contributed by atoms with van der Waals surface area (Å²) in [4.78, 5) is 16.0. The maximum atomic E-state index is 12.1. The van der Waals surface area contributed by atoms with Crippen LogP contribution in [0.1, 0.15) is 16.1 Å². The minimum absolute atomic E-state index is 0.316. The van der Waals surface area contributed by atoms with Crippen LogP contribution < -0.4 is 10.2 Å². The second kappa shape index (κ2) is 7.19. The summed E-state index contributed by atoms with van der Waals surface area (Å²) in [5.74, 6) is 0.347. The van der Waals surface area contributed by atoms with Crippen LogP contribution in [-0.4, -0.2) is 34.4 Å². The molecule has 0 fully saturated rings. The molecule has 2 heterocycles. The van der Waals surface area contributed by atoms with E-state index in [4.69, 9.17) is 4.74 Å². The summed E-state index contributed by atoms with van der Waals surface area (Å²) in [6, 6.07) is 12.7. The molecule has 0 saturated carbocycles. The van der Waals surface area contributed by atoms with Gasteiger partial charge in [0.05, 0.1) is 19.0 Å². The first kappa shape index (κ1) is 15.4. The Morgan fingerprint density at radius 2 is 2.21 bits per heavy atom. The molecule has 1 aromatic carbocycles. The van der Waals surface area contributed by atoms with Gasteiger partial charge in [0.25, 0.3) is 5.91 Å². The van der Waals surface area contributed by atoms with Crippen molar-refractivity contribution in [2.75, 3.05) is 7.11 Å². The Balaban J connectivity index is 1.68. The minimum atomic E-state index is -0.378. The molecular formula is C17H15N5O2. The van der Waals surface area contributed by atoms with Gasteiger partial charge >= 0.3 is 0 Å². The highest BCUT2D eigenvalue weighted by Gasteiger charge is 2.10. The number of nitrogens with one attached hydrogen (secondary N) is 2. The SMILES string of the molecule is COc1cccc(-c2cc(C(=O)N/N=C/c3cccnc3)[nH]n2)c1. The number of benzene rings is 1.